The first kappa shape index (κ1) is 99.2. The zero-order valence-electron chi connectivity index (χ0n) is 69.9. The number of carboxylic acids is 1. The van der Waals surface area contributed by atoms with E-state index < -0.39 is 65.9 Å². The van der Waals surface area contributed by atoms with Crippen molar-refractivity contribution in [3.8, 4) is 0 Å². The highest BCUT2D eigenvalue weighted by molar-refractivity contribution is 7.92. The van der Waals surface area contributed by atoms with Gasteiger partial charge >= 0.3 is 5.97 Å². The molecule has 0 saturated carbocycles. The fourth-order valence-corrected chi connectivity index (χ4v) is 18.9. The van der Waals surface area contributed by atoms with Gasteiger partial charge in [0.1, 0.15) is 0 Å². The Hall–Kier alpha value is -8.36. The predicted molar refractivity (Wildman–Crippen MR) is 469 cm³/mol. The Bertz CT molecular complexity index is 5290. The monoisotopic (exact) mass is 1720 g/mol. The van der Waals surface area contributed by atoms with E-state index in [0.717, 1.165) is 137 Å². The van der Waals surface area contributed by atoms with E-state index in [1.807, 2.05) is 148 Å². The number of hydrogen-bond acceptors (Lipinski definition) is 16. The summed E-state index contributed by atoms with van der Waals surface area (Å²) in [6.07, 6.45) is 17.1. The van der Waals surface area contributed by atoms with Crippen molar-refractivity contribution in [1.29, 1.82) is 0 Å². The third-order valence-corrected chi connectivity index (χ3v) is 27.7. The second-order valence-corrected chi connectivity index (χ2v) is 41.1. The second kappa shape index (κ2) is 47.4. The van der Waals surface area contributed by atoms with Crippen molar-refractivity contribution in [2.45, 2.75) is 172 Å². The lowest BCUT2D eigenvalue weighted by Gasteiger charge is -2.30. The molecule has 638 valence electrons. The molecular weight excluding hydrogens is 1600 g/mol. The maximum absolute atomic E-state index is 12.4. The van der Waals surface area contributed by atoms with Crippen LogP contribution >= 0.6 is 0 Å². The highest BCUT2D eigenvalue weighted by Gasteiger charge is 2.31. The molecular formula is C89H119N5O17S6. The SMILES string of the molecule is CC(=O)c1cc(C)ccc1C.CCC1CCN(S(=O)(=O)c2ccc(C)cc2)CC1.Cc1ccc(S(=O)(=O)N2CCCC(CO)C2)cc1.Cc1ccc(S(=O)(=O)NCC2CCCO2)cc1.Cc1ccc(S(=O)(=O)NCCC2=CCC=C2)cc1.Cc1cccc(C(=O)O)c1C.Cc1cccc(NS(C)(=O)=O)c1.Cc1ccccc1CS(C)(=O)=O. The average Bonchev–Trinajstić information content (AvgIpc) is 1.17. The number of aliphatic hydroxyl groups is 1. The number of benzene rings is 8. The lowest BCUT2D eigenvalue weighted by atomic mass is 9.96. The number of rotatable bonds is 21. The third-order valence-electron chi connectivity index (χ3n) is 19.6. The van der Waals surface area contributed by atoms with E-state index >= 15 is 0 Å². The smallest absolute Gasteiger partial charge is 0.335 e. The van der Waals surface area contributed by atoms with Crippen LogP contribution in [-0.2, 0) is 70.4 Å². The van der Waals surface area contributed by atoms with Crippen molar-refractivity contribution in [1.82, 2.24) is 18.1 Å². The fraction of sp³-hybridized carbons (Fsp3) is 0.393. The number of carbonyl (C=O) groups excluding carboxylic acids is 1. The molecule has 3 fully saturated rings. The zero-order valence-corrected chi connectivity index (χ0v) is 74.8. The molecule has 2 unspecified atom stereocenters. The second-order valence-electron chi connectivity index (χ2n) is 29.8. The van der Waals surface area contributed by atoms with Gasteiger partial charge in [0.05, 0.1) is 43.3 Å². The third kappa shape index (κ3) is 35.2. The van der Waals surface area contributed by atoms with Gasteiger partial charge in [-0.2, -0.15) is 8.61 Å². The van der Waals surface area contributed by atoms with Crippen molar-refractivity contribution < 1.29 is 75.0 Å². The Morgan fingerprint density at radius 2 is 1.01 bits per heavy atom. The molecule has 0 bridgehead atoms. The summed E-state index contributed by atoms with van der Waals surface area (Å²) in [4.78, 5) is 23.0. The highest BCUT2D eigenvalue weighted by atomic mass is 32.2. The topological polar surface area (TPSA) is 331 Å². The van der Waals surface area contributed by atoms with E-state index in [9.17, 15) is 60.1 Å². The van der Waals surface area contributed by atoms with Crippen LogP contribution in [-0.4, -0.2) is 152 Å². The quantitative estimate of drug-likeness (QED) is 0.0417. The van der Waals surface area contributed by atoms with Crippen LogP contribution in [0.2, 0.25) is 0 Å². The number of aromatic carboxylic acids is 1. The molecule has 1 aliphatic carbocycles. The molecule has 28 heteroatoms. The number of ether oxygens (including phenoxy) is 1. The number of nitrogens with zero attached hydrogens (tertiary/aromatic N) is 2. The summed E-state index contributed by atoms with van der Waals surface area (Å²) in [6, 6.07) is 53.6. The normalized spacial score (nSPS) is 15.7. The van der Waals surface area contributed by atoms with E-state index in [4.69, 9.17) is 14.9 Å². The van der Waals surface area contributed by atoms with Crippen LogP contribution in [0.4, 0.5) is 5.69 Å². The van der Waals surface area contributed by atoms with E-state index in [0.29, 0.717) is 76.0 Å². The molecule has 3 aliphatic heterocycles. The first-order valence-electron chi connectivity index (χ1n) is 38.9. The molecule has 0 amide bonds. The Morgan fingerprint density at radius 1 is 0.504 bits per heavy atom. The van der Waals surface area contributed by atoms with Gasteiger partial charge in [0, 0.05) is 70.0 Å². The first-order chi connectivity index (χ1) is 54.9. The Balaban J connectivity index is 0.000000240. The Kier molecular flexibility index (Phi) is 40.2. The first-order valence-corrected chi connectivity index (χ1v) is 48.7. The van der Waals surface area contributed by atoms with E-state index in [2.05, 4.69) is 33.2 Å². The lowest BCUT2D eigenvalue weighted by molar-refractivity contribution is 0.0695. The van der Waals surface area contributed by atoms with Gasteiger partial charge in [0.25, 0.3) is 0 Å². The number of Topliss-reactive ketones (excluding diaryl/α,β-unsaturated/α-hetero) is 1. The van der Waals surface area contributed by atoms with Gasteiger partial charge in [0.2, 0.25) is 50.1 Å². The van der Waals surface area contributed by atoms with E-state index in [1.54, 1.807) is 120 Å². The van der Waals surface area contributed by atoms with Crippen LogP contribution in [0.15, 0.2) is 225 Å². The number of aryl methyl sites for hydroxylation is 9. The fourth-order valence-electron chi connectivity index (χ4n) is 12.4. The molecule has 3 heterocycles. The number of carbonyl (C=O) groups is 2. The van der Waals surface area contributed by atoms with Gasteiger partial charge in [-0.3, -0.25) is 9.52 Å². The molecule has 12 rings (SSSR count). The number of ketones is 1. The highest BCUT2D eigenvalue weighted by Crippen LogP contribution is 2.28. The largest absolute Gasteiger partial charge is 0.478 e. The molecule has 0 aromatic heterocycles. The van der Waals surface area contributed by atoms with Gasteiger partial charge in [-0.25, -0.2) is 64.7 Å². The van der Waals surface area contributed by atoms with Crippen molar-refractivity contribution in [3.05, 3.63) is 278 Å². The molecule has 0 radical (unpaired) electrons. The van der Waals surface area contributed by atoms with Crippen LogP contribution in [0.25, 0.3) is 0 Å². The van der Waals surface area contributed by atoms with Crippen molar-refractivity contribution in [3.63, 3.8) is 0 Å². The Morgan fingerprint density at radius 3 is 1.46 bits per heavy atom. The van der Waals surface area contributed by atoms with Crippen LogP contribution < -0.4 is 14.2 Å². The van der Waals surface area contributed by atoms with Gasteiger partial charge < -0.3 is 14.9 Å². The summed E-state index contributed by atoms with van der Waals surface area (Å²) < 4.78 is 157. The van der Waals surface area contributed by atoms with Crippen LogP contribution in [0, 0.1) is 81.1 Å². The van der Waals surface area contributed by atoms with Gasteiger partial charge in [-0.1, -0.05) is 174 Å². The van der Waals surface area contributed by atoms with Gasteiger partial charge in [-0.15, -0.1) is 0 Å². The summed E-state index contributed by atoms with van der Waals surface area (Å²) in [7, 11) is -19.5. The molecule has 0 spiro atoms. The van der Waals surface area contributed by atoms with Crippen molar-refractivity contribution >= 4 is 77.4 Å². The predicted octanol–water partition coefficient (Wildman–Crippen LogP) is 15.6. The standard InChI is InChI=1S/C14H17NO2S.C14H21NO2S.C13H19NO3S.C12H17NO3S.C10H12O.C9H12O2S.C9H10O2.C8H11NO2S/c1-12-6-8-14(9-7-12)18(16,17)15-11-10-13-4-2-3-5-13;1-3-13-8-10-15(11-9-13)18(16,17)14-6-4-12(2)5-7-14;1-11-4-6-13(7-5-11)18(16,17)14-8-2-3-12(9-14)10-15;1-10-4-6-12(7-5-10)17(14,15)13-9-11-3-2-8-16-11;1-7-4-5-8(2)10(6-7)9(3)11;1-8-5-3-4-6-9(8)7-12(2,10)11;1-6-4-3-5-8(7(6)2)9(10)11;1-7-4-3-5-8(6-7)9-12(2,10)11/h2,4-9,15H,3,10-11H2,1H3;4-7,13H,3,8-11H2,1-2H3;4-7,12,15H,2-3,8-10H2,1H3;4-7,11,13H,2-3,8-9H2,1H3;4-6H,1-3H3;3-6H,7H2,1-2H3;3-5H,1-2H3,(H,10,11);3-6,9H,1-2H3. The lowest BCUT2D eigenvalue weighted by Crippen LogP contribution is -2.40. The summed E-state index contributed by atoms with van der Waals surface area (Å²) >= 11 is 0. The number of aliphatic hydroxyl groups excluding tert-OH is 1. The van der Waals surface area contributed by atoms with E-state index in [1.165, 1.54) is 16.1 Å². The number of sulfone groups is 1. The summed E-state index contributed by atoms with van der Waals surface area (Å²) in [5.41, 5.74) is 14.3. The number of carboxylic acid groups (broad SMARTS) is 1. The maximum atomic E-state index is 12.4. The molecule has 2 atom stereocenters. The number of nitrogens with one attached hydrogen (secondary N) is 3. The molecule has 5 N–H and O–H groups in total. The van der Waals surface area contributed by atoms with Crippen LogP contribution in [0.1, 0.15) is 154 Å². The summed E-state index contributed by atoms with van der Waals surface area (Å²) in [6.45, 7) is 26.9. The average molecular weight is 1720 g/mol. The van der Waals surface area contributed by atoms with Crippen LogP contribution in [0.3, 0.4) is 0 Å². The molecule has 8 aromatic carbocycles. The molecule has 22 nitrogen and oxygen atoms in total. The molecule has 3 saturated heterocycles. The number of hydrogen-bond donors (Lipinski definition) is 5. The van der Waals surface area contributed by atoms with Crippen molar-refractivity contribution in [2.24, 2.45) is 11.8 Å². The zero-order chi connectivity index (χ0) is 86.9. The minimum absolute atomic E-state index is 0.0234. The molecule has 117 heavy (non-hydrogen) atoms. The number of anilines is 1. The summed E-state index contributed by atoms with van der Waals surface area (Å²) in [5, 5.41) is 17.9. The number of sulfonamides is 5. The number of allylic oxidation sites excluding steroid dienone is 3. The molecule has 8 aromatic rings. The minimum Gasteiger partial charge on any atom is -0.478 e. The maximum Gasteiger partial charge on any atom is 0.335 e. The minimum atomic E-state index is -3.40. The van der Waals surface area contributed by atoms with Gasteiger partial charge in [0.15, 0.2) is 15.6 Å². The van der Waals surface area contributed by atoms with Crippen molar-refractivity contribution in [2.75, 3.05) is 69.7 Å². The van der Waals surface area contributed by atoms with E-state index in [-0.39, 0.29) is 30.2 Å². The van der Waals surface area contributed by atoms with Crippen LogP contribution in [0.5, 0.6) is 0 Å². The Labute approximate surface area is 697 Å². The summed E-state index contributed by atoms with van der Waals surface area (Å²) in [5.74, 6) is 0.186. The number of piperidine rings is 2. The molecule has 4 aliphatic rings. The van der Waals surface area contributed by atoms with Gasteiger partial charge in [-0.05, 0) is 246 Å².